The maximum atomic E-state index is 13.9. The lowest BCUT2D eigenvalue weighted by molar-refractivity contribution is -0.384. The summed E-state index contributed by atoms with van der Waals surface area (Å²) in [5, 5.41) is 17.6. The van der Waals surface area contributed by atoms with Gasteiger partial charge in [-0.2, -0.15) is 0 Å². The second-order valence-electron chi connectivity index (χ2n) is 9.02. The second-order valence-corrected chi connectivity index (χ2v) is 9.84. The predicted octanol–water partition coefficient (Wildman–Crippen LogP) is 2.40. The molecule has 0 aromatic heterocycles. The van der Waals surface area contributed by atoms with Crippen molar-refractivity contribution in [2.75, 3.05) is 10.2 Å². The zero-order valence-electron chi connectivity index (χ0n) is 18.7. The fourth-order valence-electron chi connectivity index (χ4n) is 5.57. The Balaban J connectivity index is 1.67. The molecule has 4 atom stereocenters. The molecule has 3 heterocycles. The number of amides is 4. The van der Waals surface area contributed by atoms with Crippen LogP contribution in [0.3, 0.4) is 0 Å². The maximum absolute atomic E-state index is 13.9. The molecule has 3 aliphatic rings. The van der Waals surface area contributed by atoms with Crippen LogP contribution < -0.4 is 21.3 Å². The number of benzene rings is 2. The van der Waals surface area contributed by atoms with E-state index >= 15 is 0 Å². The summed E-state index contributed by atoms with van der Waals surface area (Å²) in [5.41, 5.74) is 4.70. The van der Waals surface area contributed by atoms with Crippen LogP contribution in [0.5, 0.6) is 0 Å². The van der Waals surface area contributed by atoms with E-state index < -0.39 is 57.7 Å². The summed E-state index contributed by atoms with van der Waals surface area (Å²) in [7, 11) is 0. The Labute approximate surface area is 214 Å². The Morgan fingerprint density at radius 2 is 1.86 bits per heavy atom. The highest BCUT2D eigenvalue weighted by molar-refractivity contribution is 6.33. The van der Waals surface area contributed by atoms with E-state index in [0.717, 1.165) is 11.0 Å². The van der Waals surface area contributed by atoms with Crippen LogP contribution >= 0.6 is 23.2 Å². The van der Waals surface area contributed by atoms with Crippen molar-refractivity contribution < 1.29 is 24.1 Å². The molecule has 5 rings (SSSR count). The van der Waals surface area contributed by atoms with E-state index in [1.54, 1.807) is 19.1 Å². The first-order valence-corrected chi connectivity index (χ1v) is 11.7. The van der Waals surface area contributed by atoms with Gasteiger partial charge in [-0.25, -0.2) is 4.90 Å². The molecule has 0 unspecified atom stereocenters. The van der Waals surface area contributed by atoms with Crippen molar-refractivity contribution in [3.63, 3.8) is 0 Å². The molecule has 2 aromatic carbocycles. The van der Waals surface area contributed by atoms with E-state index in [1.165, 1.54) is 12.1 Å². The molecule has 1 spiro atoms. The first-order valence-electron chi connectivity index (χ1n) is 11.0. The van der Waals surface area contributed by atoms with Gasteiger partial charge in [-0.15, -0.1) is 0 Å². The number of primary amides is 1. The van der Waals surface area contributed by atoms with Crippen molar-refractivity contribution in [3.8, 4) is 0 Å². The van der Waals surface area contributed by atoms with Crippen molar-refractivity contribution in [2.45, 2.75) is 31.3 Å². The van der Waals surface area contributed by atoms with Gasteiger partial charge in [0.05, 0.1) is 28.1 Å². The SMILES string of the molecule is Cc1c(Cl)ccc2c1NC(=O)[C@]21N[C@H](CCC(N)=O)[C@H]2C(=O)N(c3ccc(Cl)c([N+](=O)[O-])c3)C(=O)[C@H]21. The fraction of sp³-hybridized carbons (Fsp3) is 0.304. The summed E-state index contributed by atoms with van der Waals surface area (Å²) < 4.78 is 0. The maximum Gasteiger partial charge on any atom is 0.289 e. The predicted molar refractivity (Wildman–Crippen MR) is 129 cm³/mol. The number of imide groups is 1. The lowest BCUT2D eigenvalue weighted by Crippen LogP contribution is -2.53. The Morgan fingerprint density at radius 1 is 1.17 bits per heavy atom. The molecule has 0 aliphatic carbocycles. The van der Waals surface area contributed by atoms with Crippen molar-refractivity contribution in [1.29, 1.82) is 0 Å². The number of hydrogen-bond donors (Lipinski definition) is 3. The minimum atomic E-state index is -1.61. The fourth-order valence-corrected chi connectivity index (χ4v) is 5.91. The average molecular weight is 532 g/mol. The van der Waals surface area contributed by atoms with Gasteiger partial charge >= 0.3 is 0 Å². The molecule has 3 aliphatic heterocycles. The summed E-state index contributed by atoms with van der Waals surface area (Å²) in [6.45, 7) is 1.72. The summed E-state index contributed by atoms with van der Waals surface area (Å²) in [6.07, 6.45) is 0.0139. The Hall–Kier alpha value is -3.54. The molecule has 2 saturated heterocycles. The third-order valence-corrected chi connectivity index (χ3v) is 7.90. The number of rotatable bonds is 5. The number of fused-ring (bicyclic) bond motifs is 4. The van der Waals surface area contributed by atoms with Crippen molar-refractivity contribution in [2.24, 2.45) is 17.6 Å². The van der Waals surface area contributed by atoms with Crippen LogP contribution in [-0.4, -0.2) is 34.6 Å². The first-order chi connectivity index (χ1) is 17.0. The van der Waals surface area contributed by atoms with Crippen molar-refractivity contribution >= 4 is 63.9 Å². The van der Waals surface area contributed by atoms with Crippen molar-refractivity contribution in [3.05, 3.63) is 61.6 Å². The van der Waals surface area contributed by atoms with Crippen LogP contribution in [0.15, 0.2) is 30.3 Å². The van der Waals surface area contributed by atoms with Gasteiger partial charge in [-0.1, -0.05) is 29.3 Å². The molecule has 2 aromatic rings. The van der Waals surface area contributed by atoms with Gasteiger partial charge in [0.1, 0.15) is 10.6 Å². The highest BCUT2D eigenvalue weighted by Gasteiger charge is 2.70. The topological polar surface area (TPSA) is 165 Å². The van der Waals surface area contributed by atoms with E-state index in [1.807, 2.05) is 0 Å². The molecule has 13 heteroatoms. The van der Waals surface area contributed by atoms with Crippen LogP contribution in [0, 0.1) is 28.9 Å². The molecule has 11 nitrogen and oxygen atoms in total. The number of nitro groups is 1. The zero-order chi connectivity index (χ0) is 26.1. The number of nitro benzene ring substituents is 1. The minimum Gasteiger partial charge on any atom is -0.370 e. The molecule has 0 radical (unpaired) electrons. The van der Waals surface area contributed by atoms with Gasteiger partial charge in [0.25, 0.3) is 5.69 Å². The highest BCUT2D eigenvalue weighted by Crippen LogP contribution is 2.55. The van der Waals surface area contributed by atoms with Gasteiger partial charge in [0.15, 0.2) is 0 Å². The smallest absolute Gasteiger partial charge is 0.289 e. The quantitative estimate of drug-likeness (QED) is 0.302. The molecular formula is C23H19Cl2N5O6. The number of nitrogens with zero attached hydrogens (tertiary/aromatic N) is 2. The van der Waals surface area contributed by atoms with Gasteiger partial charge in [-0.3, -0.25) is 34.6 Å². The zero-order valence-corrected chi connectivity index (χ0v) is 20.2. The van der Waals surface area contributed by atoms with E-state index in [2.05, 4.69) is 10.6 Å². The number of nitrogens with one attached hydrogen (secondary N) is 2. The highest BCUT2D eigenvalue weighted by atomic mass is 35.5. The molecule has 4 N–H and O–H groups in total. The van der Waals surface area contributed by atoms with Gasteiger partial charge in [0, 0.05) is 29.1 Å². The summed E-state index contributed by atoms with van der Waals surface area (Å²) in [6, 6.07) is 6.08. The third kappa shape index (κ3) is 3.23. The summed E-state index contributed by atoms with van der Waals surface area (Å²) in [5.74, 6) is -4.70. The number of carbonyl (C=O) groups is 4. The summed E-state index contributed by atoms with van der Waals surface area (Å²) >= 11 is 12.2. The van der Waals surface area contributed by atoms with E-state index in [-0.39, 0.29) is 23.6 Å². The van der Waals surface area contributed by atoms with Crippen LogP contribution in [0.1, 0.15) is 24.0 Å². The molecule has 36 heavy (non-hydrogen) atoms. The number of nitrogens with two attached hydrogens (primary N) is 1. The second kappa shape index (κ2) is 8.26. The summed E-state index contributed by atoms with van der Waals surface area (Å²) in [4.78, 5) is 64.2. The normalized spacial score (nSPS) is 26.4. The number of anilines is 2. The lowest BCUT2D eigenvalue weighted by atomic mass is 9.76. The molecule has 0 saturated carbocycles. The third-order valence-electron chi connectivity index (χ3n) is 7.17. The number of carbonyl (C=O) groups excluding carboxylic acids is 4. The standard InChI is InChI=1S/C23H19Cl2N5O6/c1-9-12(24)5-3-11-19(9)27-22(34)23(11)18-17(14(28-23)6-7-16(26)31)20(32)29(21(18)33)10-2-4-13(25)15(8-10)30(35)36/h2-5,8,14,17-18,28H,6-7H2,1H3,(H2,26,31)(H,27,34)/t14-,17-,18+,23+/m1/s1. The minimum absolute atomic E-state index is 0.0368. The monoisotopic (exact) mass is 531 g/mol. The van der Waals surface area contributed by atoms with Gasteiger partial charge < -0.3 is 11.1 Å². The Bertz CT molecular complexity index is 1400. The molecule has 4 amide bonds. The molecule has 0 bridgehead atoms. The van der Waals surface area contributed by atoms with Crippen LogP contribution in [-0.2, 0) is 24.7 Å². The lowest BCUT2D eigenvalue weighted by Gasteiger charge is -2.29. The van der Waals surface area contributed by atoms with Gasteiger partial charge in [-0.05, 0) is 37.1 Å². The van der Waals surface area contributed by atoms with Crippen LogP contribution in [0.25, 0.3) is 0 Å². The Morgan fingerprint density at radius 3 is 2.53 bits per heavy atom. The van der Waals surface area contributed by atoms with Gasteiger partial charge in [0.2, 0.25) is 23.6 Å². The van der Waals surface area contributed by atoms with Crippen molar-refractivity contribution in [1.82, 2.24) is 5.32 Å². The molecular weight excluding hydrogens is 513 g/mol. The van der Waals surface area contributed by atoms with Crippen LogP contribution in [0.2, 0.25) is 10.0 Å². The number of halogens is 2. The van der Waals surface area contributed by atoms with E-state index in [0.29, 0.717) is 21.8 Å². The van der Waals surface area contributed by atoms with Crippen LogP contribution in [0.4, 0.5) is 17.1 Å². The number of hydrogen-bond acceptors (Lipinski definition) is 7. The molecule has 186 valence electrons. The van der Waals surface area contributed by atoms with E-state index in [4.69, 9.17) is 28.9 Å². The largest absolute Gasteiger partial charge is 0.370 e. The average Bonchev–Trinajstić information content (AvgIpc) is 3.40. The first kappa shape index (κ1) is 24.2. The van der Waals surface area contributed by atoms with E-state index in [9.17, 15) is 29.3 Å². The molecule has 2 fully saturated rings. The Kier molecular flexibility index (Phi) is 5.54.